The van der Waals surface area contributed by atoms with Crippen LogP contribution in [-0.4, -0.2) is 42.0 Å². The van der Waals surface area contributed by atoms with Crippen LogP contribution in [0.1, 0.15) is 24.0 Å². The molecule has 2 aliphatic rings. The fourth-order valence-electron chi connectivity index (χ4n) is 3.49. The zero-order valence-electron chi connectivity index (χ0n) is 15.9. The first-order valence-electron chi connectivity index (χ1n) is 9.43. The minimum absolute atomic E-state index is 0.0285. The van der Waals surface area contributed by atoms with Crippen molar-refractivity contribution in [1.29, 1.82) is 0 Å². The zero-order chi connectivity index (χ0) is 20.4. The van der Waals surface area contributed by atoms with Crippen LogP contribution in [-0.2, 0) is 4.79 Å². The summed E-state index contributed by atoms with van der Waals surface area (Å²) in [6.45, 7) is 0. The van der Waals surface area contributed by atoms with Gasteiger partial charge in [0.1, 0.15) is 5.82 Å². The van der Waals surface area contributed by atoms with E-state index in [4.69, 9.17) is 0 Å². The van der Waals surface area contributed by atoms with E-state index in [1.54, 1.807) is 55.2 Å². The highest BCUT2D eigenvalue weighted by molar-refractivity contribution is 8.00. The Balaban J connectivity index is 1.72. The molecule has 2 atom stereocenters. The minimum Gasteiger partial charge on any atom is -0.326 e. The maximum absolute atomic E-state index is 14.6. The Hall–Kier alpha value is -2.87. The number of fused-ring (bicyclic) bond motifs is 1. The van der Waals surface area contributed by atoms with Crippen molar-refractivity contribution in [3.8, 4) is 0 Å². The van der Waals surface area contributed by atoms with Gasteiger partial charge in [-0.05, 0) is 36.8 Å². The van der Waals surface area contributed by atoms with Gasteiger partial charge in [0.05, 0.1) is 16.8 Å². The minimum atomic E-state index is -1.16. The van der Waals surface area contributed by atoms with Crippen molar-refractivity contribution in [3.63, 3.8) is 0 Å². The van der Waals surface area contributed by atoms with Crippen molar-refractivity contribution in [2.45, 2.75) is 24.4 Å². The summed E-state index contributed by atoms with van der Waals surface area (Å²) < 4.78 is 14.6. The first kappa shape index (κ1) is 19.4. The van der Waals surface area contributed by atoms with Gasteiger partial charge in [-0.3, -0.25) is 4.79 Å². The molecule has 29 heavy (non-hydrogen) atoms. The first-order chi connectivity index (χ1) is 14.0. The average Bonchev–Trinajstić information content (AvgIpc) is 3.20. The van der Waals surface area contributed by atoms with Gasteiger partial charge in [-0.25, -0.2) is 14.2 Å². The molecule has 150 valence electrons. The van der Waals surface area contributed by atoms with Crippen LogP contribution in [0.5, 0.6) is 0 Å². The molecular formula is C21H21FN4O2S. The Bertz CT molecular complexity index is 975. The number of nitrogens with zero attached hydrogens (tertiary/aromatic N) is 2. The number of amides is 3. The van der Waals surface area contributed by atoms with Gasteiger partial charge in [-0.15, -0.1) is 11.8 Å². The Morgan fingerprint density at radius 1 is 1.14 bits per heavy atom. The van der Waals surface area contributed by atoms with Crippen LogP contribution in [0, 0.1) is 5.82 Å². The molecule has 1 saturated heterocycles. The van der Waals surface area contributed by atoms with Crippen LogP contribution in [0.3, 0.4) is 0 Å². The number of aliphatic imine (C=N–C) groups is 1. The van der Waals surface area contributed by atoms with E-state index in [0.29, 0.717) is 17.0 Å². The monoisotopic (exact) mass is 412 g/mol. The molecule has 0 bridgehead atoms. The summed E-state index contributed by atoms with van der Waals surface area (Å²) in [6, 6.07) is 13.0. The third-order valence-corrected chi connectivity index (χ3v) is 6.24. The molecule has 3 amide bonds. The lowest BCUT2D eigenvalue weighted by Gasteiger charge is -2.21. The molecule has 0 aromatic heterocycles. The van der Waals surface area contributed by atoms with Gasteiger partial charge in [0.2, 0.25) is 6.17 Å². The molecule has 0 aliphatic carbocycles. The predicted octanol–water partition coefficient (Wildman–Crippen LogP) is 3.12. The Morgan fingerprint density at radius 3 is 2.59 bits per heavy atom. The summed E-state index contributed by atoms with van der Waals surface area (Å²) in [4.78, 5) is 31.4. The summed E-state index contributed by atoms with van der Waals surface area (Å²) in [5.74, 6) is 0.169. The second-order valence-electron chi connectivity index (χ2n) is 6.89. The maximum Gasteiger partial charge on any atom is 0.317 e. The van der Waals surface area contributed by atoms with Crippen molar-refractivity contribution in [1.82, 2.24) is 10.6 Å². The smallest absolute Gasteiger partial charge is 0.317 e. The fourth-order valence-corrected chi connectivity index (χ4v) is 4.63. The summed E-state index contributed by atoms with van der Waals surface area (Å²) in [7, 11) is 1.63. The number of anilines is 1. The number of hydrogen-bond acceptors (Lipinski definition) is 4. The number of benzene rings is 2. The van der Waals surface area contributed by atoms with Gasteiger partial charge >= 0.3 is 6.03 Å². The molecule has 2 aliphatic heterocycles. The standard InChI is InChI=1S/C21H21FN4O2S/c1-26-16-10-5-3-8-14(16)18(13-7-2-4-9-15(13)22)24-19(20(26)27)25-21(28)23-17-11-6-12-29-17/h2-5,7-10,17,19H,6,11-12H2,1H3,(H2,23,25,28). The predicted molar refractivity (Wildman–Crippen MR) is 113 cm³/mol. The zero-order valence-corrected chi connectivity index (χ0v) is 16.7. The molecule has 8 heteroatoms. The van der Waals surface area contributed by atoms with Gasteiger partial charge < -0.3 is 15.5 Å². The number of rotatable bonds is 3. The highest BCUT2D eigenvalue weighted by Crippen LogP contribution is 2.28. The van der Waals surface area contributed by atoms with Crippen LogP contribution in [0.2, 0.25) is 0 Å². The molecular weight excluding hydrogens is 391 g/mol. The molecule has 0 saturated carbocycles. The van der Waals surface area contributed by atoms with E-state index in [-0.39, 0.29) is 10.9 Å². The second kappa shape index (κ2) is 8.24. The van der Waals surface area contributed by atoms with Gasteiger partial charge in [-0.1, -0.05) is 30.3 Å². The van der Waals surface area contributed by atoms with Crippen LogP contribution >= 0.6 is 11.8 Å². The van der Waals surface area contributed by atoms with E-state index < -0.39 is 23.9 Å². The van der Waals surface area contributed by atoms with E-state index >= 15 is 0 Å². The van der Waals surface area contributed by atoms with Crippen LogP contribution in [0.15, 0.2) is 53.5 Å². The van der Waals surface area contributed by atoms with E-state index in [2.05, 4.69) is 15.6 Å². The summed E-state index contributed by atoms with van der Waals surface area (Å²) in [6.07, 6.45) is 0.783. The molecule has 6 nitrogen and oxygen atoms in total. The quantitative estimate of drug-likeness (QED) is 0.814. The van der Waals surface area contributed by atoms with Crippen molar-refractivity contribution in [3.05, 3.63) is 65.5 Å². The molecule has 2 aromatic rings. The number of hydrogen-bond donors (Lipinski definition) is 2. The van der Waals surface area contributed by atoms with Crippen LogP contribution < -0.4 is 15.5 Å². The van der Waals surface area contributed by atoms with Crippen molar-refractivity contribution in [2.75, 3.05) is 17.7 Å². The lowest BCUT2D eigenvalue weighted by atomic mass is 10.00. The highest BCUT2D eigenvalue weighted by Gasteiger charge is 2.32. The molecule has 2 unspecified atom stereocenters. The number of nitrogens with one attached hydrogen (secondary N) is 2. The number of thioether (sulfide) groups is 1. The molecule has 1 fully saturated rings. The van der Waals surface area contributed by atoms with E-state index in [0.717, 1.165) is 18.6 Å². The average molecular weight is 412 g/mol. The molecule has 0 spiro atoms. The third-order valence-electron chi connectivity index (χ3n) is 4.96. The molecule has 4 rings (SSSR count). The lowest BCUT2D eigenvalue weighted by molar-refractivity contribution is -0.119. The third kappa shape index (κ3) is 3.98. The van der Waals surface area contributed by atoms with Crippen molar-refractivity contribution < 1.29 is 14.0 Å². The number of likely N-dealkylation sites (N-methyl/N-ethyl adjacent to an activating group) is 1. The maximum atomic E-state index is 14.6. The number of carbonyl (C=O) groups excluding carboxylic acids is 2. The summed E-state index contributed by atoms with van der Waals surface area (Å²) in [5, 5.41) is 5.55. The normalized spacial score (nSPS) is 21.2. The van der Waals surface area contributed by atoms with Crippen LogP contribution in [0.4, 0.5) is 14.9 Å². The molecule has 2 N–H and O–H groups in total. The first-order valence-corrected chi connectivity index (χ1v) is 10.5. The number of para-hydroxylation sites is 1. The van der Waals surface area contributed by atoms with Crippen molar-refractivity contribution in [2.24, 2.45) is 4.99 Å². The van der Waals surface area contributed by atoms with Gasteiger partial charge in [0.25, 0.3) is 5.91 Å². The topological polar surface area (TPSA) is 73.8 Å². The summed E-state index contributed by atoms with van der Waals surface area (Å²) >= 11 is 1.67. The molecule has 2 aromatic carbocycles. The SMILES string of the molecule is CN1C(=O)C(NC(=O)NC2CCCS2)N=C(c2ccccc2F)c2ccccc21. The number of benzodiazepines with no additional fused rings is 1. The van der Waals surface area contributed by atoms with Crippen LogP contribution in [0.25, 0.3) is 0 Å². The van der Waals surface area contributed by atoms with Crippen molar-refractivity contribution >= 4 is 35.1 Å². The summed E-state index contributed by atoms with van der Waals surface area (Å²) in [5.41, 5.74) is 1.85. The van der Waals surface area contributed by atoms with Gasteiger partial charge in [0, 0.05) is 18.2 Å². The molecule has 0 radical (unpaired) electrons. The van der Waals surface area contributed by atoms with E-state index in [1.165, 1.54) is 11.0 Å². The second-order valence-corrected chi connectivity index (χ2v) is 8.20. The van der Waals surface area contributed by atoms with E-state index in [1.807, 2.05) is 6.07 Å². The largest absolute Gasteiger partial charge is 0.326 e. The Kier molecular flexibility index (Phi) is 5.53. The van der Waals surface area contributed by atoms with Gasteiger partial charge in [-0.2, -0.15) is 0 Å². The highest BCUT2D eigenvalue weighted by atomic mass is 32.2. The van der Waals surface area contributed by atoms with Gasteiger partial charge in [0.15, 0.2) is 0 Å². The Morgan fingerprint density at radius 2 is 1.86 bits per heavy atom. The lowest BCUT2D eigenvalue weighted by Crippen LogP contribution is -2.50. The Labute approximate surface area is 172 Å². The number of carbonyl (C=O) groups is 2. The fraction of sp³-hybridized carbons (Fsp3) is 0.286. The molecule has 2 heterocycles. The van der Waals surface area contributed by atoms with E-state index in [9.17, 15) is 14.0 Å². The number of halogens is 1. The number of urea groups is 1.